The molecule has 0 amide bonds. The second-order valence-electron chi connectivity index (χ2n) is 7.39. The van der Waals surface area contributed by atoms with Gasteiger partial charge in [0.05, 0.1) is 0 Å². The maximum atomic E-state index is 6.05. The second-order valence-corrected chi connectivity index (χ2v) is 7.39. The fourth-order valence-electron chi connectivity index (χ4n) is 3.09. The van der Waals surface area contributed by atoms with Gasteiger partial charge in [-0.1, -0.05) is 57.7 Å². The standard InChI is InChI=1S/C19H31NO/c1-15-10-11-18(17(14-15)19(2,3)4)21-13-12-20-16-8-6-5-7-9-16/h10-11,14,16,20H,5-9,12-13H2,1-4H3. The smallest absolute Gasteiger partial charge is 0.123 e. The van der Waals surface area contributed by atoms with Crippen LogP contribution in [-0.4, -0.2) is 19.2 Å². The molecule has 0 spiro atoms. The first-order chi connectivity index (χ1) is 9.97. The van der Waals surface area contributed by atoms with Gasteiger partial charge in [-0.25, -0.2) is 0 Å². The second kappa shape index (κ2) is 7.31. The molecule has 0 aliphatic heterocycles. The summed E-state index contributed by atoms with van der Waals surface area (Å²) >= 11 is 0. The van der Waals surface area contributed by atoms with Crippen LogP contribution in [-0.2, 0) is 5.41 Å². The van der Waals surface area contributed by atoms with Crippen LogP contribution in [0.5, 0.6) is 5.75 Å². The van der Waals surface area contributed by atoms with Gasteiger partial charge in [-0.05, 0) is 36.8 Å². The zero-order valence-corrected chi connectivity index (χ0v) is 14.2. The first-order valence-electron chi connectivity index (χ1n) is 8.44. The van der Waals surface area contributed by atoms with E-state index in [2.05, 4.69) is 51.2 Å². The van der Waals surface area contributed by atoms with E-state index in [0.717, 1.165) is 18.9 Å². The van der Waals surface area contributed by atoms with Crippen LogP contribution in [0.25, 0.3) is 0 Å². The molecule has 2 heteroatoms. The molecule has 0 atom stereocenters. The Morgan fingerprint density at radius 1 is 1.14 bits per heavy atom. The predicted molar refractivity (Wildman–Crippen MR) is 90.2 cm³/mol. The van der Waals surface area contributed by atoms with Crippen molar-refractivity contribution >= 4 is 0 Å². The van der Waals surface area contributed by atoms with Crippen LogP contribution in [0.15, 0.2) is 18.2 Å². The number of nitrogens with one attached hydrogen (secondary N) is 1. The van der Waals surface area contributed by atoms with Gasteiger partial charge in [0.1, 0.15) is 12.4 Å². The molecule has 0 saturated heterocycles. The summed E-state index contributed by atoms with van der Waals surface area (Å²) in [6.07, 6.45) is 6.83. The fraction of sp³-hybridized carbons (Fsp3) is 0.684. The largest absolute Gasteiger partial charge is 0.492 e. The van der Waals surface area contributed by atoms with Crippen molar-refractivity contribution in [1.29, 1.82) is 0 Å². The van der Waals surface area contributed by atoms with Gasteiger partial charge in [-0.3, -0.25) is 0 Å². The maximum Gasteiger partial charge on any atom is 0.123 e. The summed E-state index contributed by atoms with van der Waals surface area (Å²) < 4.78 is 6.05. The maximum absolute atomic E-state index is 6.05. The van der Waals surface area contributed by atoms with Crippen LogP contribution in [0.4, 0.5) is 0 Å². The zero-order valence-electron chi connectivity index (χ0n) is 14.2. The molecule has 1 aliphatic rings. The lowest BCUT2D eigenvalue weighted by Gasteiger charge is -2.25. The molecule has 0 unspecified atom stereocenters. The minimum absolute atomic E-state index is 0.123. The molecule has 1 fully saturated rings. The molecule has 0 bridgehead atoms. The van der Waals surface area contributed by atoms with Crippen LogP contribution in [0, 0.1) is 6.92 Å². The molecule has 0 heterocycles. The third kappa shape index (κ3) is 5.03. The quantitative estimate of drug-likeness (QED) is 0.800. The minimum atomic E-state index is 0.123. The highest BCUT2D eigenvalue weighted by atomic mass is 16.5. The normalized spacial score (nSPS) is 17.0. The molecule has 1 aliphatic carbocycles. The van der Waals surface area contributed by atoms with E-state index in [4.69, 9.17) is 4.74 Å². The van der Waals surface area contributed by atoms with Gasteiger partial charge in [-0.2, -0.15) is 0 Å². The molecule has 118 valence electrons. The third-order valence-corrected chi connectivity index (χ3v) is 4.34. The summed E-state index contributed by atoms with van der Waals surface area (Å²) in [5.74, 6) is 1.04. The summed E-state index contributed by atoms with van der Waals surface area (Å²) in [6, 6.07) is 7.22. The lowest BCUT2D eigenvalue weighted by atomic mass is 9.85. The number of benzene rings is 1. The van der Waals surface area contributed by atoms with Crippen molar-refractivity contribution in [2.45, 2.75) is 71.3 Å². The molecular formula is C19H31NO. The van der Waals surface area contributed by atoms with Crippen LogP contribution in [0.3, 0.4) is 0 Å². The van der Waals surface area contributed by atoms with Crippen LogP contribution in [0.1, 0.15) is 64.0 Å². The van der Waals surface area contributed by atoms with Gasteiger partial charge in [-0.15, -0.1) is 0 Å². The van der Waals surface area contributed by atoms with E-state index >= 15 is 0 Å². The van der Waals surface area contributed by atoms with Gasteiger partial charge < -0.3 is 10.1 Å². The lowest BCUT2D eigenvalue weighted by Crippen LogP contribution is -2.34. The van der Waals surface area contributed by atoms with E-state index in [1.807, 2.05) is 0 Å². The molecule has 1 saturated carbocycles. The molecule has 21 heavy (non-hydrogen) atoms. The van der Waals surface area contributed by atoms with Crippen LogP contribution < -0.4 is 10.1 Å². The van der Waals surface area contributed by atoms with Crippen molar-refractivity contribution in [2.75, 3.05) is 13.2 Å². The van der Waals surface area contributed by atoms with Crippen molar-refractivity contribution in [2.24, 2.45) is 0 Å². The molecule has 0 radical (unpaired) electrons. The summed E-state index contributed by atoms with van der Waals surface area (Å²) in [5.41, 5.74) is 2.73. The van der Waals surface area contributed by atoms with Gasteiger partial charge in [0.25, 0.3) is 0 Å². The highest BCUT2D eigenvalue weighted by molar-refractivity contribution is 5.41. The summed E-state index contributed by atoms with van der Waals surface area (Å²) in [6.45, 7) is 10.6. The Kier molecular flexibility index (Phi) is 5.69. The SMILES string of the molecule is Cc1ccc(OCCNC2CCCCC2)c(C(C)(C)C)c1. The first-order valence-corrected chi connectivity index (χ1v) is 8.44. The van der Waals surface area contributed by atoms with Gasteiger partial charge in [0, 0.05) is 12.6 Å². The monoisotopic (exact) mass is 289 g/mol. The molecule has 2 rings (SSSR count). The predicted octanol–water partition coefficient (Wildman–Crippen LogP) is 4.59. The molecule has 1 aromatic carbocycles. The Bertz CT molecular complexity index is 441. The van der Waals surface area contributed by atoms with Gasteiger partial charge >= 0.3 is 0 Å². The average Bonchev–Trinajstić information content (AvgIpc) is 2.45. The Labute approximate surface area is 130 Å². The zero-order chi connectivity index (χ0) is 15.3. The Morgan fingerprint density at radius 3 is 2.52 bits per heavy atom. The number of rotatable bonds is 5. The van der Waals surface area contributed by atoms with E-state index in [-0.39, 0.29) is 5.41 Å². The van der Waals surface area contributed by atoms with E-state index in [0.29, 0.717) is 6.04 Å². The number of ether oxygens (including phenoxy) is 1. The fourth-order valence-corrected chi connectivity index (χ4v) is 3.09. The van der Waals surface area contributed by atoms with Crippen molar-refractivity contribution in [3.05, 3.63) is 29.3 Å². The molecular weight excluding hydrogens is 258 g/mol. The van der Waals surface area contributed by atoms with Crippen molar-refractivity contribution in [1.82, 2.24) is 5.32 Å². The Balaban J connectivity index is 1.85. The Hall–Kier alpha value is -1.02. The van der Waals surface area contributed by atoms with Crippen molar-refractivity contribution in [3.8, 4) is 5.75 Å². The number of hydrogen-bond acceptors (Lipinski definition) is 2. The molecule has 1 N–H and O–H groups in total. The average molecular weight is 289 g/mol. The molecule has 1 aromatic rings. The van der Waals surface area contributed by atoms with E-state index in [1.165, 1.54) is 43.2 Å². The lowest BCUT2D eigenvalue weighted by molar-refractivity contribution is 0.284. The van der Waals surface area contributed by atoms with Gasteiger partial charge in [0.15, 0.2) is 0 Å². The highest BCUT2D eigenvalue weighted by Gasteiger charge is 2.19. The van der Waals surface area contributed by atoms with Crippen molar-refractivity contribution < 1.29 is 4.74 Å². The van der Waals surface area contributed by atoms with Crippen LogP contribution >= 0.6 is 0 Å². The van der Waals surface area contributed by atoms with Gasteiger partial charge in [0.2, 0.25) is 0 Å². The van der Waals surface area contributed by atoms with E-state index in [9.17, 15) is 0 Å². The summed E-state index contributed by atoms with van der Waals surface area (Å²) in [7, 11) is 0. The van der Waals surface area contributed by atoms with Crippen molar-refractivity contribution in [3.63, 3.8) is 0 Å². The van der Waals surface area contributed by atoms with E-state index in [1.54, 1.807) is 0 Å². The number of hydrogen-bond donors (Lipinski definition) is 1. The minimum Gasteiger partial charge on any atom is -0.492 e. The summed E-state index contributed by atoms with van der Waals surface area (Å²) in [5, 5.41) is 3.64. The summed E-state index contributed by atoms with van der Waals surface area (Å²) in [4.78, 5) is 0. The highest BCUT2D eigenvalue weighted by Crippen LogP contribution is 2.32. The Morgan fingerprint density at radius 2 is 1.86 bits per heavy atom. The molecule has 0 aromatic heterocycles. The first kappa shape index (κ1) is 16.4. The van der Waals surface area contributed by atoms with E-state index < -0.39 is 0 Å². The topological polar surface area (TPSA) is 21.3 Å². The molecule has 2 nitrogen and oxygen atoms in total. The number of aryl methyl sites for hydroxylation is 1. The third-order valence-electron chi connectivity index (χ3n) is 4.34. The van der Waals surface area contributed by atoms with Crippen LogP contribution in [0.2, 0.25) is 0 Å².